The Morgan fingerprint density at radius 1 is 1.07 bits per heavy atom. The van der Waals surface area contributed by atoms with Gasteiger partial charge in [0.15, 0.2) is 6.61 Å². The van der Waals surface area contributed by atoms with E-state index in [1.165, 1.54) is 0 Å². The minimum absolute atomic E-state index is 0.134. The third-order valence-electron chi connectivity index (χ3n) is 4.01. The second kappa shape index (κ2) is 8.92. The molecule has 0 saturated heterocycles. The van der Waals surface area contributed by atoms with E-state index in [0.29, 0.717) is 22.9 Å². The molecule has 0 saturated carbocycles. The summed E-state index contributed by atoms with van der Waals surface area (Å²) in [5, 5.41) is 12.0. The first-order chi connectivity index (χ1) is 14.0. The fourth-order valence-electron chi connectivity index (χ4n) is 2.66. The molecule has 8 heteroatoms. The highest BCUT2D eigenvalue weighted by Gasteiger charge is 2.12. The second-order valence-corrected chi connectivity index (χ2v) is 6.16. The average molecular weight is 395 g/mol. The van der Waals surface area contributed by atoms with Crippen LogP contribution >= 0.6 is 0 Å². The van der Waals surface area contributed by atoms with Crippen molar-refractivity contribution in [2.45, 2.75) is 6.92 Å². The van der Waals surface area contributed by atoms with Crippen LogP contribution in [0.1, 0.15) is 5.56 Å². The van der Waals surface area contributed by atoms with Crippen molar-refractivity contribution in [1.82, 2.24) is 9.97 Å². The van der Waals surface area contributed by atoms with Crippen LogP contribution in [-0.4, -0.2) is 41.9 Å². The molecule has 2 N–H and O–H groups in total. The van der Waals surface area contributed by atoms with Crippen LogP contribution in [0.5, 0.6) is 17.4 Å². The predicted molar refractivity (Wildman–Crippen MR) is 108 cm³/mol. The molecule has 3 aromatic rings. The van der Waals surface area contributed by atoms with Gasteiger partial charge in [0.25, 0.3) is 0 Å². The lowest BCUT2D eigenvalue weighted by Gasteiger charge is -2.13. The fourth-order valence-corrected chi connectivity index (χ4v) is 2.66. The van der Waals surface area contributed by atoms with E-state index in [2.05, 4.69) is 15.3 Å². The Morgan fingerprint density at radius 2 is 1.90 bits per heavy atom. The Morgan fingerprint density at radius 3 is 2.62 bits per heavy atom. The number of aromatic nitrogens is 2. The number of carbonyl (C=O) groups is 1. The van der Waals surface area contributed by atoms with E-state index in [1.54, 1.807) is 20.3 Å². The summed E-state index contributed by atoms with van der Waals surface area (Å²) < 4.78 is 15.9. The Hall–Kier alpha value is -3.81. The highest BCUT2D eigenvalue weighted by Crippen LogP contribution is 2.30. The zero-order chi connectivity index (χ0) is 20.8. The number of aryl methyl sites for hydroxylation is 1. The van der Waals surface area contributed by atoms with Crippen LogP contribution in [0.2, 0.25) is 0 Å². The van der Waals surface area contributed by atoms with Gasteiger partial charge in [-0.2, -0.15) is 4.98 Å². The van der Waals surface area contributed by atoms with Gasteiger partial charge < -0.3 is 24.6 Å². The van der Waals surface area contributed by atoms with Gasteiger partial charge in [-0.1, -0.05) is 18.2 Å². The number of benzene rings is 2. The summed E-state index contributed by atoms with van der Waals surface area (Å²) in [6, 6.07) is 14.6. The first kappa shape index (κ1) is 19.9. The van der Waals surface area contributed by atoms with E-state index in [0.717, 1.165) is 11.1 Å². The van der Waals surface area contributed by atoms with Gasteiger partial charge in [-0.15, -0.1) is 0 Å². The van der Waals surface area contributed by atoms with E-state index in [4.69, 9.17) is 19.3 Å². The Labute approximate surface area is 168 Å². The van der Waals surface area contributed by atoms with Crippen molar-refractivity contribution in [2.75, 3.05) is 26.1 Å². The van der Waals surface area contributed by atoms with Crippen LogP contribution in [0.25, 0.3) is 11.3 Å². The summed E-state index contributed by atoms with van der Waals surface area (Å²) in [7, 11) is 3.16. The number of anilines is 2. The molecule has 1 aromatic heterocycles. The van der Waals surface area contributed by atoms with Crippen LogP contribution in [0.4, 0.5) is 11.6 Å². The molecule has 0 atom stereocenters. The molecule has 0 amide bonds. The molecule has 0 aliphatic rings. The number of carboxylic acid groups (broad SMARTS) is 1. The number of rotatable bonds is 8. The first-order valence-corrected chi connectivity index (χ1v) is 8.78. The van der Waals surface area contributed by atoms with Gasteiger partial charge in [0.05, 0.1) is 25.6 Å². The molecule has 2 aromatic carbocycles. The molecule has 0 radical (unpaired) electrons. The van der Waals surface area contributed by atoms with Crippen molar-refractivity contribution in [3.05, 3.63) is 54.1 Å². The van der Waals surface area contributed by atoms with Gasteiger partial charge in [0.2, 0.25) is 11.8 Å². The number of nitrogens with one attached hydrogen (secondary N) is 1. The predicted octanol–water partition coefficient (Wildman–Crippen LogP) is 3.68. The molecular formula is C21H21N3O5. The summed E-state index contributed by atoms with van der Waals surface area (Å²) in [4.78, 5) is 19.7. The number of methoxy groups -OCH3 is 2. The van der Waals surface area contributed by atoms with Gasteiger partial charge in [0, 0.05) is 11.6 Å². The standard InChI is InChI=1S/C21H21N3O5/c1-13-7-8-18(28-3)17(9-13)23-21-22-16(11-19(24-21)29-12-20(25)26)14-5-4-6-15(10-14)27-2/h4-11H,12H2,1-3H3,(H,25,26)(H,22,23,24). The van der Waals surface area contributed by atoms with Gasteiger partial charge in [-0.25, -0.2) is 9.78 Å². The smallest absolute Gasteiger partial charge is 0.341 e. The van der Waals surface area contributed by atoms with Crippen molar-refractivity contribution in [1.29, 1.82) is 0 Å². The van der Waals surface area contributed by atoms with Crippen LogP contribution in [0.15, 0.2) is 48.5 Å². The van der Waals surface area contributed by atoms with Crippen molar-refractivity contribution in [2.24, 2.45) is 0 Å². The van der Waals surface area contributed by atoms with Crippen LogP contribution in [0, 0.1) is 6.92 Å². The maximum atomic E-state index is 10.9. The fraction of sp³-hybridized carbons (Fsp3) is 0.190. The number of ether oxygens (including phenoxy) is 3. The average Bonchev–Trinajstić information content (AvgIpc) is 2.72. The number of nitrogens with zero attached hydrogens (tertiary/aromatic N) is 2. The minimum atomic E-state index is -1.10. The molecule has 3 rings (SSSR count). The first-order valence-electron chi connectivity index (χ1n) is 8.78. The summed E-state index contributed by atoms with van der Waals surface area (Å²) >= 11 is 0. The second-order valence-electron chi connectivity index (χ2n) is 6.16. The summed E-state index contributed by atoms with van der Waals surface area (Å²) in [5.41, 5.74) is 3.03. The van der Waals surface area contributed by atoms with Gasteiger partial charge >= 0.3 is 5.97 Å². The topological polar surface area (TPSA) is 103 Å². The van der Waals surface area contributed by atoms with Crippen molar-refractivity contribution in [3.63, 3.8) is 0 Å². The third-order valence-corrected chi connectivity index (χ3v) is 4.01. The largest absolute Gasteiger partial charge is 0.497 e. The summed E-state index contributed by atoms with van der Waals surface area (Å²) in [6.45, 7) is 1.45. The molecule has 1 heterocycles. The van der Waals surface area contributed by atoms with E-state index >= 15 is 0 Å². The molecule has 8 nitrogen and oxygen atoms in total. The monoisotopic (exact) mass is 395 g/mol. The van der Waals surface area contributed by atoms with E-state index in [1.807, 2.05) is 49.4 Å². The molecular weight excluding hydrogens is 374 g/mol. The number of aliphatic carboxylic acids is 1. The lowest BCUT2D eigenvalue weighted by molar-refractivity contribution is -0.139. The lowest BCUT2D eigenvalue weighted by Crippen LogP contribution is -2.11. The molecule has 0 fully saturated rings. The van der Waals surface area contributed by atoms with Crippen molar-refractivity contribution < 1.29 is 24.1 Å². The van der Waals surface area contributed by atoms with Crippen molar-refractivity contribution in [3.8, 4) is 28.6 Å². The highest BCUT2D eigenvalue weighted by atomic mass is 16.5. The van der Waals surface area contributed by atoms with Crippen LogP contribution in [-0.2, 0) is 4.79 Å². The summed E-state index contributed by atoms with van der Waals surface area (Å²) in [5.74, 6) is 0.577. The molecule has 0 spiro atoms. The molecule has 150 valence electrons. The molecule has 0 aliphatic heterocycles. The van der Waals surface area contributed by atoms with E-state index in [-0.39, 0.29) is 11.8 Å². The molecule has 29 heavy (non-hydrogen) atoms. The Bertz CT molecular complexity index is 1020. The normalized spacial score (nSPS) is 10.3. The van der Waals surface area contributed by atoms with Crippen LogP contribution in [0.3, 0.4) is 0 Å². The summed E-state index contributed by atoms with van der Waals surface area (Å²) in [6.07, 6.45) is 0. The molecule has 0 unspecified atom stereocenters. The highest BCUT2D eigenvalue weighted by molar-refractivity contribution is 5.69. The Balaban J connectivity index is 2.02. The SMILES string of the molecule is COc1cccc(-c2cc(OCC(=O)O)nc(Nc3cc(C)ccc3OC)n2)c1. The molecule has 0 aliphatic carbocycles. The number of hydrogen-bond donors (Lipinski definition) is 2. The zero-order valence-electron chi connectivity index (χ0n) is 16.3. The minimum Gasteiger partial charge on any atom is -0.497 e. The van der Waals surface area contributed by atoms with Gasteiger partial charge in [-0.3, -0.25) is 0 Å². The Kier molecular flexibility index (Phi) is 6.13. The van der Waals surface area contributed by atoms with E-state index in [9.17, 15) is 4.79 Å². The third kappa shape index (κ3) is 5.13. The lowest BCUT2D eigenvalue weighted by atomic mass is 10.1. The quantitative estimate of drug-likeness (QED) is 0.595. The maximum Gasteiger partial charge on any atom is 0.341 e. The molecule has 0 bridgehead atoms. The van der Waals surface area contributed by atoms with Crippen molar-refractivity contribution >= 4 is 17.6 Å². The van der Waals surface area contributed by atoms with Crippen LogP contribution < -0.4 is 19.5 Å². The van der Waals surface area contributed by atoms with Gasteiger partial charge in [-0.05, 0) is 36.8 Å². The maximum absolute atomic E-state index is 10.9. The van der Waals surface area contributed by atoms with Gasteiger partial charge in [0.1, 0.15) is 11.5 Å². The number of carboxylic acids is 1. The zero-order valence-corrected chi connectivity index (χ0v) is 16.3. The van der Waals surface area contributed by atoms with E-state index < -0.39 is 12.6 Å². The number of hydrogen-bond acceptors (Lipinski definition) is 7.